The first-order valence-corrected chi connectivity index (χ1v) is 5.86. The zero-order valence-electron chi connectivity index (χ0n) is 8.79. The summed E-state index contributed by atoms with van der Waals surface area (Å²) in [6, 6.07) is 5.84. The standard InChI is InChI=1S/C11H18N2S/c1-8(2)5-6-14-9-3-4-10(12)11(13)7-9/h3-4,7-8H,5-6,12-13H2,1-2H3. The van der Waals surface area contributed by atoms with Crippen LogP contribution in [-0.4, -0.2) is 5.75 Å². The molecule has 0 atom stereocenters. The summed E-state index contributed by atoms with van der Waals surface area (Å²) in [6.45, 7) is 4.47. The van der Waals surface area contributed by atoms with E-state index in [1.165, 1.54) is 11.3 Å². The lowest BCUT2D eigenvalue weighted by Gasteiger charge is -2.06. The molecule has 0 bridgehead atoms. The molecular weight excluding hydrogens is 192 g/mol. The van der Waals surface area contributed by atoms with E-state index in [-0.39, 0.29) is 0 Å². The second kappa shape index (κ2) is 5.15. The summed E-state index contributed by atoms with van der Waals surface area (Å²) in [5, 5.41) is 0. The monoisotopic (exact) mass is 210 g/mol. The van der Waals surface area contributed by atoms with Gasteiger partial charge in [0.1, 0.15) is 0 Å². The molecule has 0 heterocycles. The van der Waals surface area contributed by atoms with E-state index in [0.717, 1.165) is 11.7 Å². The van der Waals surface area contributed by atoms with Crippen molar-refractivity contribution in [2.75, 3.05) is 17.2 Å². The van der Waals surface area contributed by atoms with Crippen LogP contribution in [0, 0.1) is 5.92 Å². The minimum absolute atomic E-state index is 0.665. The maximum Gasteiger partial charge on any atom is 0.0559 e. The molecule has 0 unspecified atom stereocenters. The van der Waals surface area contributed by atoms with Gasteiger partial charge in [-0.1, -0.05) is 13.8 Å². The second-order valence-corrected chi connectivity index (χ2v) is 4.99. The highest BCUT2D eigenvalue weighted by Gasteiger charge is 1.99. The zero-order valence-corrected chi connectivity index (χ0v) is 9.60. The number of rotatable bonds is 4. The highest BCUT2D eigenvalue weighted by Crippen LogP contribution is 2.25. The second-order valence-electron chi connectivity index (χ2n) is 3.82. The third kappa shape index (κ3) is 3.50. The van der Waals surface area contributed by atoms with Crippen molar-refractivity contribution in [2.24, 2.45) is 5.92 Å². The van der Waals surface area contributed by atoms with Gasteiger partial charge in [0.25, 0.3) is 0 Å². The average Bonchev–Trinajstić information content (AvgIpc) is 2.10. The van der Waals surface area contributed by atoms with Crippen LogP contribution in [0.1, 0.15) is 20.3 Å². The minimum Gasteiger partial charge on any atom is -0.397 e. The predicted molar refractivity (Wildman–Crippen MR) is 65.4 cm³/mol. The molecule has 0 aliphatic heterocycles. The Bertz CT molecular complexity index is 297. The van der Waals surface area contributed by atoms with Gasteiger partial charge in [-0.2, -0.15) is 0 Å². The summed E-state index contributed by atoms with van der Waals surface area (Å²) in [7, 11) is 0. The van der Waals surface area contributed by atoms with E-state index in [2.05, 4.69) is 13.8 Å². The minimum atomic E-state index is 0.665. The third-order valence-electron chi connectivity index (χ3n) is 2.02. The van der Waals surface area contributed by atoms with Crippen LogP contribution in [0.15, 0.2) is 23.1 Å². The molecule has 0 aliphatic carbocycles. The highest BCUT2D eigenvalue weighted by molar-refractivity contribution is 7.99. The first-order valence-electron chi connectivity index (χ1n) is 4.87. The Kier molecular flexibility index (Phi) is 4.14. The average molecular weight is 210 g/mol. The lowest BCUT2D eigenvalue weighted by atomic mass is 10.2. The SMILES string of the molecule is CC(C)CCSc1ccc(N)c(N)c1. The number of hydrogen-bond acceptors (Lipinski definition) is 3. The number of nitrogens with two attached hydrogens (primary N) is 2. The summed E-state index contributed by atoms with van der Waals surface area (Å²) >= 11 is 1.84. The summed E-state index contributed by atoms with van der Waals surface area (Å²) in [4.78, 5) is 1.21. The van der Waals surface area contributed by atoms with Crippen LogP contribution in [-0.2, 0) is 0 Å². The molecular formula is C11H18N2S. The van der Waals surface area contributed by atoms with E-state index in [1.54, 1.807) is 0 Å². The Morgan fingerprint density at radius 1 is 1.21 bits per heavy atom. The topological polar surface area (TPSA) is 52.0 Å². The zero-order chi connectivity index (χ0) is 10.6. The molecule has 0 radical (unpaired) electrons. The van der Waals surface area contributed by atoms with Gasteiger partial charge in [0.2, 0.25) is 0 Å². The Labute approximate surface area is 90.1 Å². The van der Waals surface area contributed by atoms with Crippen molar-refractivity contribution in [3.05, 3.63) is 18.2 Å². The summed E-state index contributed by atoms with van der Waals surface area (Å²) < 4.78 is 0. The van der Waals surface area contributed by atoms with Crippen molar-refractivity contribution in [1.82, 2.24) is 0 Å². The van der Waals surface area contributed by atoms with Gasteiger partial charge in [-0.3, -0.25) is 0 Å². The van der Waals surface area contributed by atoms with E-state index >= 15 is 0 Å². The number of thioether (sulfide) groups is 1. The predicted octanol–water partition coefficient (Wildman–Crippen LogP) is 2.99. The molecule has 2 nitrogen and oxygen atoms in total. The molecule has 0 saturated heterocycles. The van der Waals surface area contributed by atoms with Gasteiger partial charge >= 0.3 is 0 Å². The van der Waals surface area contributed by atoms with E-state index < -0.39 is 0 Å². The number of nitrogen functional groups attached to an aromatic ring is 2. The Balaban J connectivity index is 2.47. The molecule has 0 aromatic heterocycles. The van der Waals surface area contributed by atoms with E-state index in [1.807, 2.05) is 30.0 Å². The highest BCUT2D eigenvalue weighted by atomic mass is 32.2. The summed E-state index contributed by atoms with van der Waals surface area (Å²) in [5.41, 5.74) is 12.7. The quantitative estimate of drug-likeness (QED) is 0.593. The number of hydrogen-bond donors (Lipinski definition) is 2. The van der Waals surface area contributed by atoms with Gasteiger partial charge in [0.05, 0.1) is 11.4 Å². The Hall–Kier alpha value is -0.830. The van der Waals surface area contributed by atoms with Crippen molar-refractivity contribution in [1.29, 1.82) is 0 Å². The van der Waals surface area contributed by atoms with E-state index in [4.69, 9.17) is 11.5 Å². The van der Waals surface area contributed by atoms with Gasteiger partial charge < -0.3 is 11.5 Å². The molecule has 14 heavy (non-hydrogen) atoms. The largest absolute Gasteiger partial charge is 0.397 e. The Morgan fingerprint density at radius 3 is 2.50 bits per heavy atom. The third-order valence-corrected chi connectivity index (χ3v) is 3.05. The molecule has 1 aromatic carbocycles. The van der Waals surface area contributed by atoms with Crippen molar-refractivity contribution in [3.8, 4) is 0 Å². The van der Waals surface area contributed by atoms with Gasteiger partial charge in [0, 0.05) is 4.90 Å². The fourth-order valence-electron chi connectivity index (χ4n) is 1.06. The molecule has 0 spiro atoms. The maximum absolute atomic E-state index is 5.71. The maximum atomic E-state index is 5.71. The smallest absolute Gasteiger partial charge is 0.0559 e. The van der Waals surface area contributed by atoms with Crippen molar-refractivity contribution in [3.63, 3.8) is 0 Å². The van der Waals surface area contributed by atoms with Gasteiger partial charge in [0.15, 0.2) is 0 Å². The van der Waals surface area contributed by atoms with Crippen LogP contribution in [0.5, 0.6) is 0 Å². The van der Waals surface area contributed by atoms with Gasteiger partial charge in [-0.05, 0) is 36.3 Å². The van der Waals surface area contributed by atoms with Crippen LogP contribution >= 0.6 is 11.8 Å². The number of anilines is 2. The van der Waals surface area contributed by atoms with Crippen molar-refractivity contribution < 1.29 is 0 Å². The summed E-state index contributed by atoms with van der Waals surface area (Å²) in [6.07, 6.45) is 1.23. The Morgan fingerprint density at radius 2 is 1.93 bits per heavy atom. The van der Waals surface area contributed by atoms with Crippen LogP contribution < -0.4 is 11.5 Å². The fraction of sp³-hybridized carbons (Fsp3) is 0.455. The normalized spacial score (nSPS) is 10.8. The molecule has 0 fully saturated rings. The van der Waals surface area contributed by atoms with E-state index in [0.29, 0.717) is 11.4 Å². The molecule has 0 saturated carbocycles. The molecule has 0 amide bonds. The van der Waals surface area contributed by atoms with Gasteiger partial charge in [-0.25, -0.2) is 0 Å². The van der Waals surface area contributed by atoms with E-state index in [9.17, 15) is 0 Å². The lowest BCUT2D eigenvalue weighted by molar-refractivity contribution is 0.632. The fourth-order valence-corrected chi connectivity index (χ4v) is 2.25. The molecule has 1 rings (SSSR count). The first kappa shape index (κ1) is 11.2. The van der Waals surface area contributed by atoms with Gasteiger partial charge in [-0.15, -0.1) is 11.8 Å². The molecule has 78 valence electrons. The number of benzene rings is 1. The van der Waals surface area contributed by atoms with Crippen molar-refractivity contribution in [2.45, 2.75) is 25.2 Å². The van der Waals surface area contributed by atoms with Crippen LogP contribution in [0.4, 0.5) is 11.4 Å². The van der Waals surface area contributed by atoms with Crippen LogP contribution in [0.25, 0.3) is 0 Å². The molecule has 4 N–H and O–H groups in total. The van der Waals surface area contributed by atoms with Crippen molar-refractivity contribution >= 4 is 23.1 Å². The molecule has 1 aromatic rings. The summed E-state index contributed by atoms with van der Waals surface area (Å²) in [5.74, 6) is 1.90. The van der Waals surface area contributed by atoms with Crippen LogP contribution in [0.3, 0.4) is 0 Å². The van der Waals surface area contributed by atoms with Crippen LogP contribution in [0.2, 0.25) is 0 Å². The first-order chi connectivity index (χ1) is 6.59. The molecule has 3 heteroatoms. The molecule has 0 aliphatic rings. The lowest BCUT2D eigenvalue weighted by Crippen LogP contribution is -1.94.